The molecule has 0 saturated heterocycles. The lowest BCUT2D eigenvalue weighted by Crippen LogP contribution is -1.58. The second-order valence-corrected chi connectivity index (χ2v) is 1.05. The van der Waals surface area contributed by atoms with Gasteiger partial charge in [0.25, 0.3) is 5.71 Å². The largest absolute Gasteiger partial charge is 0.361 e. The molecular weight excluding hydrogens is 76.1 g/mol. The number of allylic oxidation sites excluding steroid dienone is 1. The summed E-state index contributed by atoms with van der Waals surface area (Å²) in [5, 5.41) is 0. The molecule has 1 fully saturated rings. The average Bonchev–Trinajstić information content (AvgIpc) is 2.09. The van der Waals surface area contributed by atoms with E-state index in [0.29, 0.717) is 0 Å². The molecule has 30 valence electrons. The molecule has 0 radical (unpaired) electrons. The van der Waals surface area contributed by atoms with Crippen molar-refractivity contribution in [2.45, 2.75) is 6.37 Å². The minimum Gasteiger partial charge on any atom is -0.361 e. The summed E-state index contributed by atoms with van der Waals surface area (Å²) in [6, 6.07) is 0. The fourth-order valence-corrected chi connectivity index (χ4v) is 0.197. The molecule has 1 aliphatic carbocycles. The third kappa shape index (κ3) is 0.277. The molecule has 2 heteroatoms. The Labute approximate surface area is 38.5 Å². The normalized spacial score (nSPS) is 30.7. The van der Waals surface area contributed by atoms with E-state index >= 15 is 0 Å². The van der Waals surface area contributed by atoms with Crippen molar-refractivity contribution in [3.8, 4) is 0 Å². The zero-order chi connectivity index (χ0) is 6.36. The van der Waals surface area contributed by atoms with Gasteiger partial charge in [-0.1, -0.05) is 6.58 Å². The van der Waals surface area contributed by atoms with Gasteiger partial charge in [0, 0.05) is 8.31 Å². The van der Waals surface area contributed by atoms with Crippen LogP contribution in [-0.2, 0) is 0 Å². The van der Waals surface area contributed by atoms with Crippen molar-refractivity contribution in [3.63, 3.8) is 0 Å². The van der Waals surface area contributed by atoms with Crippen LogP contribution in [0, 0.1) is 0 Å². The van der Waals surface area contributed by atoms with E-state index in [1.54, 1.807) is 0 Å². The number of rotatable bonds is 0. The first kappa shape index (κ1) is 1.71. The monoisotopic (exact) mass is 82.1 g/mol. The molecule has 1 aliphatic rings. The lowest BCUT2D eigenvalue weighted by molar-refractivity contribution is 0.000259. The second kappa shape index (κ2) is 0.791. The van der Waals surface area contributed by atoms with Crippen molar-refractivity contribution >= 4 is 5.71 Å². The first-order valence-electron chi connectivity index (χ1n) is 2.53. The Morgan fingerprint density at radius 3 is 2.67 bits per heavy atom. The van der Waals surface area contributed by atoms with Crippen LogP contribution in [0.25, 0.3) is 5.53 Å². The average molecular weight is 82.1 g/mol. The maximum Gasteiger partial charge on any atom is 0.299 e. The molecule has 0 N–H and O–H groups in total. The van der Waals surface area contributed by atoms with E-state index < -0.39 is 6.37 Å². The smallest absolute Gasteiger partial charge is 0.299 e. The molecule has 0 unspecified atom stereocenters. The molecule has 2 nitrogen and oxygen atoms in total. The van der Waals surface area contributed by atoms with Crippen molar-refractivity contribution in [2.24, 2.45) is 0 Å². The molecule has 0 aromatic heterocycles. The van der Waals surface area contributed by atoms with Gasteiger partial charge in [0.1, 0.15) is 0 Å². The fourth-order valence-electron chi connectivity index (χ4n) is 0.197. The molecule has 0 bridgehead atoms. The topological polar surface area (TPSA) is 36.4 Å². The molecule has 0 aliphatic heterocycles. The van der Waals surface area contributed by atoms with Crippen molar-refractivity contribution in [2.75, 3.05) is 0 Å². The predicted molar refractivity (Wildman–Crippen MR) is 22.4 cm³/mol. The van der Waals surface area contributed by atoms with Gasteiger partial charge in [-0.05, 0) is 0 Å². The highest BCUT2D eigenvalue weighted by Gasteiger charge is 2.30. The molecule has 0 atom stereocenters. The number of hydrogen-bond acceptors (Lipinski definition) is 0. The van der Waals surface area contributed by atoms with Crippen LogP contribution in [0.2, 0.25) is 0 Å². The third-order valence-corrected chi connectivity index (χ3v) is 0.593. The van der Waals surface area contributed by atoms with Gasteiger partial charge in [-0.3, -0.25) is 0 Å². The van der Waals surface area contributed by atoms with Crippen LogP contribution in [0.15, 0.2) is 12.2 Å². The summed E-state index contributed by atoms with van der Waals surface area (Å²) in [6.07, 6.45) is -1.52. The van der Waals surface area contributed by atoms with Crippen LogP contribution in [-0.4, -0.2) is 10.5 Å². The fraction of sp³-hybridized carbons (Fsp3) is 0.250. The van der Waals surface area contributed by atoms with Gasteiger partial charge in [-0.25, -0.2) is 0 Å². The molecule has 0 amide bonds. The van der Waals surface area contributed by atoms with Crippen LogP contribution >= 0.6 is 0 Å². The van der Waals surface area contributed by atoms with E-state index in [4.69, 9.17) is 8.27 Å². The van der Waals surface area contributed by atoms with Gasteiger partial charge < -0.3 is 5.53 Å². The van der Waals surface area contributed by atoms with E-state index in [0.717, 1.165) is 0 Å². The molecule has 6 heavy (non-hydrogen) atoms. The summed E-state index contributed by atoms with van der Waals surface area (Å²) >= 11 is 0. The molecule has 1 rings (SSSR count). The van der Waals surface area contributed by atoms with Gasteiger partial charge >= 0.3 is 0 Å². The number of hydrogen-bond donors (Lipinski definition) is 0. The maximum atomic E-state index is 8.00. The van der Waals surface area contributed by atoms with Crippen LogP contribution in [0.1, 0.15) is 9.11 Å². The highest BCUT2D eigenvalue weighted by molar-refractivity contribution is 6.13. The first-order valence-corrected chi connectivity index (χ1v) is 1.53. The van der Waals surface area contributed by atoms with Gasteiger partial charge in [-0.15, -0.1) is 0 Å². The first-order chi connectivity index (χ1) is 3.60. The molecule has 0 spiro atoms. The lowest BCUT2D eigenvalue weighted by atomic mass is 10.7. The molecular formula is C4H4N2. The Bertz CT molecular complexity index is 200. The summed E-state index contributed by atoms with van der Waals surface area (Å²) < 4.78 is 13.8. The van der Waals surface area contributed by atoms with Gasteiger partial charge in [0.2, 0.25) is 0 Å². The summed E-state index contributed by atoms with van der Waals surface area (Å²) in [5.74, 6) is 0. The highest BCUT2D eigenvalue weighted by Crippen LogP contribution is 2.18. The van der Waals surface area contributed by atoms with E-state index in [9.17, 15) is 0 Å². The zero-order valence-corrected chi connectivity index (χ0v) is 3.10. The Morgan fingerprint density at radius 1 is 2.17 bits per heavy atom. The third-order valence-electron chi connectivity index (χ3n) is 0.593. The second-order valence-electron chi connectivity index (χ2n) is 1.05. The highest BCUT2D eigenvalue weighted by atomic mass is 14.9. The predicted octanol–water partition coefficient (Wildman–Crippen LogP) is 0.617. The lowest BCUT2D eigenvalue weighted by Gasteiger charge is -1.38. The van der Waals surface area contributed by atoms with Crippen LogP contribution in [0.5, 0.6) is 0 Å². The molecule has 0 aromatic carbocycles. The maximum absolute atomic E-state index is 8.00. The van der Waals surface area contributed by atoms with E-state index in [1.165, 1.54) is 0 Å². The summed E-state index contributed by atoms with van der Waals surface area (Å²) in [5.41, 5.74) is 8.34. The molecule has 0 heterocycles. The summed E-state index contributed by atoms with van der Waals surface area (Å²) in [6.45, 7) is 3.31. The van der Waals surface area contributed by atoms with Gasteiger partial charge in [-0.2, -0.15) is 4.79 Å². The minimum atomic E-state index is -1.52. The SMILES string of the molecule is [2H]C1([2H])C(=C)C1=[N+]=[N-]. The van der Waals surface area contributed by atoms with Gasteiger partial charge in [0.15, 0.2) is 0 Å². The Balaban J connectivity index is 3.05. The van der Waals surface area contributed by atoms with Crippen molar-refractivity contribution in [3.05, 3.63) is 17.7 Å². The summed E-state index contributed by atoms with van der Waals surface area (Å²) in [7, 11) is 0. The Kier molecular flexibility index (Phi) is 0.226. The van der Waals surface area contributed by atoms with Crippen molar-refractivity contribution in [1.29, 1.82) is 0 Å². The molecule has 1 saturated carbocycles. The Hall–Kier alpha value is -0.880. The van der Waals surface area contributed by atoms with Crippen molar-refractivity contribution < 1.29 is 7.53 Å². The zero-order valence-electron chi connectivity index (χ0n) is 5.10. The van der Waals surface area contributed by atoms with Crippen LogP contribution in [0.4, 0.5) is 0 Å². The quantitative estimate of drug-likeness (QED) is 0.303. The van der Waals surface area contributed by atoms with Crippen LogP contribution in [0.3, 0.4) is 0 Å². The van der Waals surface area contributed by atoms with E-state index in [-0.39, 0.29) is 11.3 Å². The van der Waals surface area contributed by atoms with Crippen molar-refractivity contribution in [1.82, 2.24) is 0 Å². The molecule has 0 aromatic rings. The standard InChI is InChI=1S/C4H4N2/c1-3-2-4(3)6-5/h1-2H2/i2D2. The van der Waals surface area contributed by atoms with E-state index in [2.05, 4.69) is 11.4 Å². The van der Waals surface area contributed by atoms with Crippen LogP contribution < -0.4 is 0 Å². The Morgan fingerprint density at radius 2 is 2.67 bits per heavy atom. The summed E-state index contributed by atoms with van der Waals surface area (Å²) in [4.78, 5) is 2.68. The van der Waals surface area contributed by atoms with E-state index in [1.807, 2.05) is 0 Å². The van der Waals surface area contributed by atoms with Gasteiger partial charge in [0.05, 0.1) is 6.37 Å². The minimum absolute atomic E-state index is 0.0671. The number of nitrogens with zero attached hydrogens (tertiary/aromatic N) is 2.